The minimum absolute atomic E-state index is 1.03. The van der Waals surface area contributed by atoms with Gasteiger partial charge in [0, 0.05) is 11.4 Å². The molecule has 2 heteroatoms. The number of aryl methyl sites for hydroxylation is 1. The van der Waals surface area contributed by atoms with Gasteiger partial charge in [0.2, 0.25) is 0 Å². The van der Waals surface area contributed by atoms with Crippen molar-refractivity contribution in [2.24, 2.45) is 0 Å². The second kappa shape index (κ2) is 2.67. The van der Waals surface area contributed by atoms with Crippen LogP contribution in [0.3, 0.4) is 0 Å². The molecular formula is C7H10BN. The molecule has 0 aliphatic rings. The maximum Gasteiger partial charge on any atom is 0.109 e. The molecule has 1 aromatic heterocycles. The number of nitrogens with zero attached hydrogens (tertiary/aromatic N) is 1. The first-order valence-corrected chi connectivity index (χ1v) is 3.25. The van der Waals surface area contributed by atoms with Gasteiger partial charge in [-0.15, -0.1) is 0 Å². The van der Waals surface area contributed by atoms with Crippen LogP contribution in [0.25, 0.3) is 0 Å². The van der Waals surface area contributed by atoms with Crippen LogP contribution < -0.4 is 0 Å². The second-order valence-electron chi connectivity index (χ2n) is 2.12. The molecule has 0 spiro atoms. The molecule has 1 nitrogen and oxygen atoms in total. The van der Waals surface area contributed by atoms with E-state index in [4.69, 9.17) is 0 Å². The molecule has 0 aliphatic carbocycles. The molecule has 0 saturated heterocycles. The molecule has 0 bridgehead atoms. The van der Waals surface area contributed by atoms with Gasteiger partial charge in [0.1, 0.15) is 7.85 Å². The Hall–Kier alpha value is -0.785. The number of pyridine rings is 1. The van der Waals surface area contributed by atoms with Gasteiger partial charge in [0.25, 0.3) is 0 Å². The van der Waals surface area contributed by atoms with E-state index in [1.165, 1.54) is 5.69 Å². The first-order valence-electron chi connectivity index (χ1n) is 3.25. The van der Waals surface area contributed by atoms with E-state index in [0.29, 0.717) is 0 Å². The van der Waals surface area contributed by atoms with Crippen LogP contribution >= 0.6 is 0 Å². The first-order chi connectivity index (χ1) is 4.33. The topological polar surface area (TPSA) is 12.9 Å². The summed E-state index contributed by atoms with van der Waals surface area (Å²) >= 11 is 0. The Kier molecular flexibility index (Phi) is 1.88. The van der Waals surface area contributed by atoms with Crippen molar-refractivity contribution in [2.45, 2.75) is 13.2 Å². The van der Waals surface area contributed by atoms with E-state index >= 15 is 0 Å². The summed E-state index contributed by atoms with van der Waals surface area (Å²) < 4.78 is 0. The summed E-state index contributed by atoms with van der Waals surface area (Å²) in [7, 11) is 2.11. The molecule has 0 N–H and O–H groups in total. The fraction of sp³-hybridized carbons (Fsp3) is 0.286. The lowest BCUT2D eigenvalue weighted by atomic mass is 10.0. The van der Waals surface area contributed by atoms with Gasteiger partial charge >= 0.3 is 0 Å². The maximum absolute atomic E-state index is 4.29. The smallest absolute Gasteiger partial charge is 0.109 e. The van der Waals surface area contributed by atoms with Crippen LogP contribution in [0.4, 0.5) is 0 Å². The summed E-state index contributed by atoms with van der Waals surface area (Å²) in [4.78, 5) is 4.29. The molecule has 0 unspecified atom stereocenters. The fourth-order valence-corrected chi connectivity index (χ4v) is 0.796. The summed E-state index contributed by atoms with van der Waals surface area (Å²) in [5.74, 6) is 0. The number of hydrogen-bond acceptors (Lipinski definition) is 1. The zero-order chi connectivity index (χ0) is 6.69. The highest BCUT2D eigenvalue weighted by Gasteiger charge is 1.87. The van der Waals surface area contributed by atoms with E-state index in [-0.39, 0.29) is 0 Å². The van der Waals surface area contributed by atoms with E-state index < -0.39 is 0 Å². The molecule has 1 heterocycles. The Balaban J connectivity index is 2.94. The van der Waals surface area contributed by atoms with Crippen molar-refractivity contribution in [3.8, 4) is 0 Å². The Morgan fingerprint density at radius 3 is 2.78 bits per heavy atom. The lowest BCUT2D eigenvalue weighted by Crippen LogP contribution is -1.89. The number of hydrogen-bond donors (Lipinski definition) is 0. The summed E-state index contributed by atoms with van der Waals surface area (Å²) in [6.45, 7) is 2.01. The van der Waals surface area contributed by atoms with Gasteiger partial charge in [-0.2, -0.15) is 0 Å². The lowest BCUT2D eigenvalue weighted by Gasteiger charge is -1.94. The summed E-state index contributed by atoms with van der Waals surface area (Å²) in [6, 6.07) is 6.10. The van der Waals surface area contributed by atoms with E-state index in [1.54, 1.807) is 0 Å². The molecule has 0 radical (unpaired) electrons. The van der Waals surface area contributed by atoms with Crippen LogP contribution in [0, 0.1) is 6.92 Å². The Labute approximate surface area is 56.5 Å². The predicted molar refractivity (Wildman–Crippen MR) is 41.2 cm³/mol. The van der Waals surface area contributed by atoms with Crippen molar-refractivity contribution in [1.29, 1.82) is 0 Å². The minimum Gasteiger partial charge on any atom is -0.259 e. The van der Waals surface area contributed by atoms with Gasteiger partial charge in [0.05, 0.1) is 0 Å². The molecule has 46 valence electrons. The average Bonchev–Trinajstić information content (AvgIpc) is 1.88. The molecule has 0 saturated carbocycles. The van der Waals surface area contributed by atoms with Crippen molar-refractivity contribution in [3.63, 3.8) is 0 Å². The Bertz CT molecular complexity index is 198. The summed E-state index contributed by atoms with van der Waals surface area (Å²) in [5, 5.41) is 0. The van der Waals surface area contributed by atoms with Crippen molar-refractivity contribution < 1.29 is 0 Å². The van der Waals surface area contributed by atoms with Gasteiger partial charge in [-0.3, -0.25) is 4.98 Å². The molecule has 0 aliphatic heterocycles. The minimum atomic E-state index is 1.03. The Morgan fingerprint density at radius 2 is 2.33 bits per heavy atom. The van der Waals surface area contributed by atoms with Gasteiger partial charge in [-0.25, -0.2) is 0 Å². The van der Waals surface area contributed by atoms with Gasteiger partial charge < -0.3 is 0 Å². The van der Waals surface area contributed by atoms with Gasteiger partial charge in [-0.05, 0) is 25.4 Å². The van der Waals surface area contributed by atoms with Crippen LogP contribution in [0.5, 0.6) is 0 Å². The maximum atomic E-state index is 4.29. The van der Waals surface area contributed by atoms with E-state index in [9.17, 15) is 0 Å². The van der Waals surface area contributed by atoms with E-state index in [0.717, 1.165) is 12.0 Å². The zero-order valence-corrected chi connectivity index (χ0v) is 5.89. The molecule has 0 atom stereocenters. The van der Waals surface area contributed by atoms with Crippen molar-refractivity contribution in [3.05, 3.63) is 29.6 Å². The monoisotopic (exact) mass is 119 g/mol. The fourth-order valence-electron chi connectivity index (χ4n) is 0.796. The summed E-state index contributed by atoms with van der Waals surface area (Å²) in [5.41, 5.74) is 2.28. The zero-order valence-electron chi connectivity index (χ0n) is 5.89. The first kappa shape index (κ1) is 6.34. The van der Waals surface area contributed by atoms with Gasteiger partial charge in [-0.1, -0.05) is 6.07 Å². The highest BCUT2D eigenvalue weighted by Crippen LogP contribution is 1.95. The normalized spacial score (nSPS) is 9.44. The second-order valence-corrected chi connectivity index (χ2v) is 2.12. The van der Waals surface area contributed by atoms with E-state index in [1.807, 2.05) is 25.1 Å². The standard InChI is InChI=1S/C7H10BN/c1-6-3-2-4-7(5-8)9-6/h2-4H,5,8H2,1H3. The highest BCUT2D eigenvalue weighted by molar-refractivity contribution is 6.08. The SMILES string of the molecule is BCc1cccc(C)n1. The quantitative estimate of drug-likeness (QED) is 0.491. The predicted octanol–water partition coefficient (Wildman–Crippen LogP) is 0.523. The molecule has 0 aromatic carbocycles. The third-order valence-corrected chi connectivity index (χ3v) is 1.31. The van der Waals surface area contributed by atoms with E-state index in [2.05, 4.69) is 12.8 Å². The van der Waals surface area contributed by atoms with Crippen molar-refractivity contribution in [2.75, 3.05) is 0 Å². The molecule has 9 heavy (non-hydrogen) atoms. The molecule has 1 aromatic rings. The third kappa shape index (κ3) is 1.56. The molecular weight excluding hydrogens is 109 g/mol. The van der Waals surface area contributed by atoms with Gasteiger partial charge in [0.15, 0.2) is 0 Å². The third-order valence-electron chi connectivity index (χ3n) is 1.31. The number of aromatic nitrogens is 1. The number of rotatable bonds is 1. The highest BCUT2D eigenvalue weighted by atomic mass is 14.7. The largest absolute Gasteiger partial charge is 0.259 e. The van der Waals surface area contributed by atoms with Crippen molar-refractivity contribution in [1.82, 2.24) is 4.98 Å². The van der Waals surface area contributed by atoms with Crippen LogP contribution in [-0.2, 0) is 6.32 Å². The van der Waals surface area contributed by atoms with Crippen LogP contribution in [0.1, 0.15) is 11.4 Å². The Morgan fingerprint density at radius 1 is 1.56 bits per heavy atom. The van der Waals surface area contributed by atoms with Crippen LogP contribution in [0.15, 0.2) is 18.2 Å². The average molecular weight is 119 g/mol. The lowest BCUT2D eigenvalue weighted by molar-refractivity contribution is 1.10. The summed E-state index contributed by atoms with van der Waals surface area (Å²) in [6.07, 6.45) is 1.03. The molecule has 0 amide bonds. The molecule has 0 fully saturated rings. The van der Waals surface area contributed by atoms with Crippen molar-refractivity contribution >= 4 is 7.85 Å². The molecule has 1 rings (SSSR count). The van der Waals surface area contributed by atoms with Crippen LogP contribution in [0.2, 0.25) is 0 Å². The van der Waals surface area contributed by atoms with Crippen LogP contribution in [-0.4, -0.2) is 12.8 Å².